The first kappa shape index (κ1) is 20.2. The minimum atomic E-state index is -0.677. The molecule has 1 aliphatic heterocycles. The Bertz CT molecular complexity index is 893. The van der Waals surface area contributed by atoms with Gasteiger partial charge in [-0.2, -0.15) is 0 Å². The molecule has 29 heavy (non-hydrogen) atoms. The Balaban J connectivity index is 1.48. The summed E-state index contributed by atoms with van der Waals surface area (Å²) in [7, 11) is 0. The number of carbonyl (C=O) groups excluding carboxylic acids is 3. The largest absolute Gasteiger partial charge is 0.452 e. The van der Waals surface area contributed by atoms with E-state index in [9.17, 15) is 14.4 Å². The summed E-state index contributed by atoms with van der Waals surface area (Å²) < 4.78 is 6.64. The molecule has 1 aliphatic rings. The Morgan fingerprint density at radius 3 is 2.76 bits per heavy atom. The van der Waals surface area contributed by atoms with Crippen LogP contribution >= 0.6 is 0 Å². The topological polar surface area (TPSA) is 120 Å². The molecule has 1 aromatic heterocycles. The number of ether oxygens (including phenoxy) is 1. The molecule has 2 N–H and O–H groups in total. The number of esters is 1. The zero-order valence-corrected chi connectivity index (χ0v) is 15.9. The molecule has 3 rings (SSSR count). The minimum Gasteiger partial charge on any atom is -0.452 e. The van der Waals surface area contributed by atoms with Gasteiger partial charge in [-0.25, -0.2) is 9.48 Å². The third-order valence-electron chi connectivity index (χ3n) is 4.62. The third-order valence-corrected chi connectivity index (χ3v) is 4.62. The highest BCUT2D eigenvalue weighted by atomic mass is 16.5. The van der Waals surface area contributed by atoms with E-state index in [0.717, 1.165) is 18.4 Å². The van der Waals surface area contributed by atoms with E-state index in [0.29, 0.717) is 25.2 Å². The summed E-state index contributed by atoms with van der Waals surface area (Å²) in [6.45, 7) is 0.565. The molecule has 1 aromatic carbocycles. The molecule has 0 spiro atoms. The van der Waals surface area contributed by atoms with Gasteiger partial charge in [0, 0.05) is 12.6 Å². The van der Waals surface area contributed by atoms with Crippen molar-refractivity contribution in [3.8, 4) is 0 Å². The SMILES string of the molecule is NC(=O)[C@H]1CCCCN1C(=O)COC(=O)/C=C/c1cn(Cc2ccccc2)nn1. The predicted molar refractivity (Wildman–Crippen MR) is 104 cm³/mol. The van der Waals surface area contributed by atoms with Crippen molar-refractivity contribution in [3.63, 3.8) is 0 Å². The van der Waals surface area contributed by atoms with E-state index in [1.54, 1.807) is 10.9 Å². The van der Waals surface area contributed by atoms with Gasteiger partial charge in [-0.1, -0.05) is 35.5 Å². The van der Waals surface area contributed by atoms with E-state index in [-0.39, 0.29) is 0 Å². The quantitative estimate of drug-likeness (QED) is 0.544. The molecule has 9 heteroatoms. The summed E-state index contributed by atoms with van der Waals surface area (Å²) in [6.07, 6.45) is 6.52. The number of amides is 2. The Hall–Kier alpha value is -3.49. The number of nitrogens with two attached hydrogens (primary N) is 1. The highest BCUT2D eigenvalue weighted by molar-refractivity contribution is 5.91. The van der Waals surface area contributed by atoms with Crippen LogP contribution in [0.3, 0.4) is 0 Å². The fourth-order valence-electron chi connectivity index (χ4n) is 3.18. The molecule has 152 valence electrons. The second-order valence-electron chi connectivity index (χ2n) is 6.77. The van der Waals surface area contributed by atoms with E-state index < -0.39 is 30.4 Å². The fraction of sp³-hybridized carbons (Fsp3) is 0.350. The van der Waals surface area contributed by atoms with Crippen LogP contribution in [0, 0.1) is 0 Å². The molecule has 1 fully saturated rings. The van der Waals surface area contributed by atoms with Gasteiger partial charge in [0.2, 0.25) is 5.91 Å². The van der Waals surface area contributed by atoms with Crippen LogP contribution < -0.4 is 5.73 Å². The van der Waals surface area contributed by atoms with Gasteiger partial charge in [0.1, 0.15) is 11.7 Å². The smallest absolute Gasteiger partial charge is 0.331 e. The molecule has 0 saturated carbocycles. The Labute approximate surface area is 168 Å². The third kappa shape index (κ3) is 5.74. The van der Waals surface area contributed by atoms with E-state index in [4.69, 9.17) is 10.5 Å². The van der Waals surface area contributed by atoms with Crippen molar-refractivity contribution >= 4 is 23.9 Å². The summed E-state index contributed by atoms with van der Waals surface area (Å²) in [6, 6.07) is 9.16. The van der Waals surface area contributed by atoms with Crippen molar-refractivity contribution < 1.29 is 19.1 Å². The van der Waals surface area contributed by atoms with Crippen LogP contribution in [-0.2, 0) is 25.7 Å². The maximum absolute atomic E-state index is 12.3. The Morgan fingerprint density at radius 1 is 1.21 bits per heavy atom. The van der Waals surface area contributed by atoms with Crippen molar-refractivity contribution in [1.29, 1.82) is 0 Å². The number of nitrogens with zero attached hydrogens (tertiary/aromatic N) is 4. The molecule has 2 heterocycles. The van der Waals surface area contributed by atoms with Gasteiger partial charge in [0.05, 0.1) is 12.7 Å². The van der Waals surface area contributed by atoms with E-state index >= 15 is 0 Å². The van der Waals surface area contributed by atoms with E-state index in [2.05, 4.69) is 10.3 Å². The molecule has 9 nitrogen and oxygen atoms in total. The zero-order valence-electron chi connectivity index (χ0n) is 15.9. The molecule has 1 atom stereocenters. The summed E-state index contributed by atoms with van der Waals surface area (Å²) in [5.74, 6) is -1.64. The normalized spacial score (nSPS) is 16.7. The number of carbonyl (C=O) groups is 3. The van der Waals surface area contributed by atoms with Crippen LogP contribution in [0.5, 0.6) is 0 Å². The van der Waals surface area contributed by atoms with Crippen LogP contribution in [0.4, 0.5) is 0 Å². The average molecular weight is 397 g/mol. The highest BCUT2D eigenvalue weighted by Crippen LogP contribution is 2.17. The average Bonchev–Trinajstić information content (AvgIpc) is 3.18. The molecule has 0 unspecified atom stereocenters. The molecule has 0 radical (unpaired) electrons. The van der Waals surface area contributed by atoms with Crippen LogP contribution in [0.1, 0.15) is 30.5 Å². The van der Waals surface area contributed by atoms with Crippen LogP contribution in [0.2, 0.25) is 0 Å². The first-order valence-corrected chi connectivity index (χ1v) is 9.40. The maximum atomic E-state index is 12.3. The van der Waals surface area contributed by atoms with Gasteiger partial charge >= 0.3 is 5.97 Å². The molecule has 0 bridgehead atoms. The van der Waals surface area contributed by atoms with Gasteiger partial charge in [0.25, 0.3) is 5.91 Å². The molecule has 2 aromatic rings. The summed E-state index contributed by atoms with van der Waals surface area (Å²) in [5, 5.41) is 7.98. The van der Waals surface area contributed by atoms with Gasteiger partial charge in [-0.05, 0) is 30.9 Å². The summed E-state index contributed by atoms with van der Waals surface area (Å²) in [4.78, 5) is 37.0. The first-order chi connectivity index (χ1) is 14.0. The number of benzene rings is 1. The molecule has 0 aliphatic carbocycles. The number of aromatic nitrogens is 3. The van der Waals surface area contributed by atoms with Crippen molar-refractivity contribution in [2.24, 2.45) is 5.73 Å². The monoisotopic (exact) mass is 397 g/mol. The van der Waals surface area contributed by atoms with E-state index in [1.165, 1.54) is 17.1 Å². The first-order valence-electron chi connectivity index (χ1n) is 9.40. The molecular weight excluding hydrogens is 374 g/mol. The standard InChI is InChI=1S/C20H23N5O4/c21-20(28)17-8-4-5-11-25(17)18(26)14-29-19(27)10-9-16-13-24(23-22-16)12-15-6-2-1-3-7-15/h1-3,6-7,9-10,13,17H,4-5,8,11-12,14H2,(H2,21,28)/b10-9+/t17-/m1/s1. The number of primary amides is 1. The van der Waals surface area contributed by atoms with Crippen molar-refractivity contribution in [2.75, 3.05) is 13.2 Å². The van der Waals surface area contributed by atoms with Gasteiger partial charge in [-0.15, -0.1) is 5.10 Å². The van der Waals surface area contributed by atoms with Crippen LogP contribution in [0.25, 0.3) is 6.08 Å². The second kappa shape index (κ2) is 9.63. The number of hydrogen-bond acceptors (Lipinski definition) is 6. The van der Waals surface area contributed by atoms with Gasteiger partial charge in [-0.3, -0.25) is 9.59 Å². The Morgan fingerprint density at radius 2 is 2.00 bits per heavy atom. The number of hydrogen-bond donors (Lipinski definition) is 1. The lowest BCUT2D eigenvalue weighted by Crippen LogP contribution is -2.51. The lowest BCUT2D eigenvalue weighted by Gasteiger charge is -2.33. The highest BCUT2D eigenvalue weighted by Gasteiger charge is 2.30. The van der Waals surface area contributed by atoms with Gasteiger partial charge in [0.15, 0.2) is 6.61 Å². The van der Waals surface area contributed by atoms with Crippen LogP contribution in [-0.4, -0.2) is 56.9 Å². The maximum Gasteiger partial charge on any atom is 0.331 e. The summed E-state index contributed by atoms with van der Waals surface area (Å²) >= 11 is 0. The van der Waals surface area contributed by atoms with Gasteiger partial charge < -0.3 is 15.4 Å². The molecular formula is C20H23N5O4. The number of piperidine rings is 1. The second-order valence-corrected chi connectivity index (χ2v) is 6.77. The zero-order chi connectivity index (χ0) is 20.6. The molecule has 2 amide bonds. The van der Waals surface area contributed by atoms with Crippen LogP contribution in [0.15, 0.2) is 42.6 Å². The number of likely N-dealkylation sites (tertiary alicyclic amines) is 1. The lowest BCUT2D eigenvalue weighted by atomic mass is 10.0. The predicted octanol–water partition coefficient (Wildman–Crippen LogP) is 0.749. The molecule has 1 saturated heterocycles. The van der Waals surface area contributed by atoms with Crippen molar-refractivity contribution in [2.45, 2.75) is 31.8 Å². The number of rotatable bonds is 7. The fourth-order valence-corrected chi connectivity index (χ4v) is 3.18. The lowest BCUT2D eigenvalue weighted by molar-refractivity contribution is -0.151. The summed E-state index contributed by atoms with van der Waals surface area (Å²) in [5.41, 5.74) is 6.92. The Kier molecular flexibility index (Phi) is 6.72. The minimum absolute atomic E-state index is 0.427. The van der Waals surface area contributed by atoms with Crippen molar-refractivity contribution in [3.05, 3.63) is 53.9 Å². The van der Waals surface area contributed by atoms with E-state index in [1.807, 2.05) is 30.3 Å². The van der Waals surface area contributed by atoms with Crippen molar-refractivity contribution in [1.82, 2.24) is 19.9 Å².